The minimum absolute atomic E-state index is 0.0805. The fourth-order valence-corrected chi connectivity index (χ4v) is 6.78. The number of rotatable bonds is 44. The highest BCUT2D eigenvalue weighted by atomic mass is 16.6. The van der Waals surface area contributed by atoms with Crippen molar-refractivity contribution < 1.29 is 28.6 Å². The maximum atomic E-state index is 12.7. The van der Waals surface area contributed by atoms with Crippen molar-refractivity contribution in [3.8, 4) is 0 Å². The Morgan fingerprint density at radius 3 is 1.07 bits per heavy atom. The number of esters is 3. The van der Waals surface area contributed by atoms with Crippen LogP contribution in [0.4, 0.5) is 0 Å². The second kappa shape index (κ2) is 47.8. The van der Waals surface area contributed by atoms with E-state index >= 15 is 0 Å². The fraction of sp³-hybridized carbons (Fsp3) is 0.755. The van der Waals surface area contributed by atoms with E-state index in [1.165, 1.54) is 103 Å². The lowest BCUT2D eigenvalue weighted by atomic mass is 10.1. The molecule has 0 heterocycles. The van der Waals surface area contributed by atoms with Crippen LogP contribution in [-0.2, 0) is 28.6 Å². The minimum atomic E-state index is -0.776. The largest absolute Gasteiger partial charge is 0.462 e. The lowest BCUT2D eigenvalue weighted by Crippen LogP contribution is -2.30. The summed E-state index contributed by atoms with van der Waals surface area (Å²) in [6.45, 7) is 6.41. The van der Waals surface area contributed by atoms with Crippen molar-refractivity contribution in [1.82, 2.24) is 0 Å². The molecule has 0 spiro atoms. The molecular weight excluding hydrogens is 733 g/mol. The van der Waals surface area contributed by atoms with Gasteiger partial charge in [0.15, 0.2) is 6.10 Å². The van der Waals surface area contributed by atoms with Crippen molar-refractivity contribution >= 4 is 17.9 Å². The predicted molar refractivity (Wildman–Crippen MR) is 251 cm³/mol. The number of carbonyl (C=O) groups is 3. The van der Waals surface area contributed by atoms with E-state index in [1.54, 1.807) is 0 Å². The molecule has 0 bridgehead atoms. The smallest absolute Gasteiger partial charge is 0.306 e. The first-order valence-corrected chi connectivity index (χ1v) is 24.8. The zero-order valence-corrected chi connectivity index (χ0v) is 38.8. The molecule has 0 aliphatic rings. The average Bonchev–Trinajstić information content (AvgIpc) is 3.23. The first kappa shape index (κ1) is 56.1. The molecule has 0 aromatic carbocycles. The molecule has 0 aliphatic carbocycles. The van der Waals surface area contributed by atoms with E-state index in [9.17, 15) is 14.4 Å². The summed E-state index contributed by atoms with van der Waals surface area (Å²) >= 11 is 0. The normalized spacial score (nSPS) is 12.5. The quantitative estimate of drug-likeness (QED) is 0.0263. The number of hydrogen-bond acceptors (Lipinski definition) is 6. The molecular formula is C53H92O6. The van der Waals surface area contributed by atoms with Crippen LogP contribution in [0.1, 0.15) is 239 Å². The van der Waals surface area contributed by atoms with Crippen molar-refractivity contribution in [2.45, 2.75) is 245 Å². The van der Waals surface area contributed by atoms with E-state index in [2.05, 4.69) is 81.5 Å². The van der Waals surface area contributed by atoms with Crippen LogP contribution in [0.25, 0.3) is 0 Å². The Kier molecular flexibility index (Phi) is 45.4. The second-order valence-electron chi connectivity index (χ2n) is 16.3. The number of ether oxygens (including phenoxy) is 3. The van der Waals surface area contributed by atoms with Crippen LogP contribution in [0, 0.1) is 0 Å². The van der Waals surface area contributed by atoms with Gasteiger partial charge in [-0.1, -0.05) is 197 Å². The third kappa shape index (κ3) is 46.0. The molecule has 0 aromatic heterocycles. The molecule has 1 unspecified atom stereocenters. The average molecular weight is 825 g/mol. The molecule has 0 aromatic rings. The third-order valence-electron chi connectivity index (χ3n) is 10.5. The topological polar surface area (TPSA) is 78.9 Å². The van der Waals surface area contributed by atoms with Crippen LogP contribution in [-0.4, -0.2) is 37.2 Å². The van der Waals surface area contributed by atoms with Gasteiger partial charge in [-0.15, -0.1) is 0 Å². The fourth-order valence-electron chi connectivity index (χ4n) is 6.78. The van der Waals surface area contributed by atoms with Gasteiger partial charge in [0.05, 0.1) is 0 Å². The van der Waals surface area contributed by atoms with E-state index < -0.39 is 6.10 Å². The lowest BCUT2D eigenvalue weighted by molar-refractivity contribution is -0.167. The van der Waals surface area contributed by atoms with Crippen LogP contribution in [0.2, 0.25) is 0 Å². The zero-order chi connectivity index (χ0) is 43.0. The second-order valence-corrected chi connectivity index (χ2v) is 16.3. The van der Waals surface area contributed by atoms with Crippen molar-refractivity contribution in [1.29, 1.82) is 0 Å². The highest BCUT2D eigenvalue weighted by Gasteiger charge is 2.19. The van der Waals surface area contributed by atoms with E-state index in [0.29, 0.717) is 19.3 Å². The first-order chi connectivity index (χ1) is 29.0. The number of carbonyl (C=O) groups excluding carboxylic acids is 3. The van der Waals surface area contributed by atoms with Gasteiger partial charge < -0.3 is 14.2 Å². The van der Waals surface area contributed by atoms with Gasteiger partial charge in [-0.2, -0.15) is 0 Å². The molecule has 0 fully saturated rings. The molecule has 6 nitrogen and oxygen atoms in total. The molecule has 0 radical (unpaired) electrons. The van der Waals surface area contributed by atoms with Crippen LogP contribution in [0.3, 0.4) is 0 Å². The minimum Gasteiger partial charge on any atom is -0.462 e. The molecule has 0 saturated heterocycles. The van der Waals surface area contributed by atoms with Gasteiger partial charge in [-0.05, 0) is 83.5 Å². The lowest BCUT2D eigenvalue weighted by Gasteiger charge is -2.18. The van der Waals surface area contributed by atoms with Gasteiger partial charge in [0.1, 0.15) is 13.2 Å². The third-order valence-corrected chi connectivity index (χ3v) is 10.5. The van der Waals surface area contributed by atoms with Gasteiger partial charge in [-0.3, -0.25) is 14.4 Å². The number of unbranched alkanes of at least 4 members (excludes halogenated alkanes) is 23. The Balaban J connectivity index is 4.19. The summed E-state index contributed by atoms with van der Waals surface area (Å²) in [4.78, 5) is 37.6. The molecule has 340 valence electrons. The van der Waals surface area contributed by atoms with Crippen molar-refractivity contribution in [3.05, 3.63) is 60.8 Å². The summed E-state index contributed by atoms with van der Waals surface area (Å²) in [7, 11) is 0. The van der Waals surface area contributed by atoms with E-state index in [-0.39, 0.29) is 31.1 Å². The summed E-state index contributed by atoms with van der Waals surface area (Å²) in [5.41, 5.74) is 0. The van der Waals surface area contributed by atoms with Crippen LogP contribution in [0.5, 0.6) is 0 Å². The van der Waals surface area contributed by atoms with Crippen molar-refractivity contribution in [2.75, 3.05) is 13.2 Å². The maximum absolute atomic E-state index is 12.7. The summed E-state index contributed by atoms with van der Waals surface area (Å²) in [5.74, 6) is -0.907. The molecule has 6 heteroatoms. The summed E-state index contributed by atoms with van der Waals surface area (Å²) in [6.07, 6.45) is 58.1. The van der Waals surface area contributed by atoms with Crippen LogP contribution in [0.15, 0.2) is 60.8 Å². The monoisotopic (exact) mass is 825 g/mol. The summed E-state index contributed by atoms with van der Waals surface area (Å²) in [5, 5.41) is 0. The Labute approximate surface area is 364 Å². The first-order valence-electron chi connectivity index (χ1n) is 24.8. The molecule has 0 aliphatic heterocycles. The Bertz CT molecular complexity index is 1090. The van der Waals surface area contributed by atoms with Gasteiger partial charge in [0.25, 0.3) is 0 Å². The van der Waals surface area contributed by atoms with Gasteiger partial charge in [0.2, 0.25) is 0 Å². The Morgan fingerprint density at radius 2 is 0.661 bits per heavy atom. The SMILES string of the molecule is CC/C=C\C/C=C\C/C=C\CCCCCCCCCC(=O)OC(COC(=O)CCCCCCC)COC(=O)CCCCCCCCCCC/C=C\C/C=C\CCCCC. The van der Waals surface area contributed by atoms with Crippen LogP contribution < -0.4 is 0 Å². The molecule has 0 rings (SSSR count). The van der Waals surface area contributed by atoms with Gasteiger partial charge >= 0.3 is 17.9 Å². The maximum Gasteiger partial charge on any atom is 0.306 e. The van der Waals surface area contributed by atoms with Gasteiger partial charge in [0, 0.05) is 19.3 Å². The van der Waals surface area contributed by atoms with Crippen molar-refractivity contribution in [2.24, 2.45) is 0 Å². The van der Waals surface area contributed by atoms with Crippen LogP contribution >= 0.6 is 0 Å². The van der Waals surface area contributed by atoms with E-state index in [1.807, 2.05) is 0 Å². The number of allylic oxidation sites excluding steroid dienone is 10. The molecule has 0 N–H and O–H groups in total. The molecule has 59 heavy (non-hydrogen) atoms. The zero-order valence-electron chi connectivity index (χ0n) is 38.8. The Hall–Kier alpha value is -2.89. The van der Waals surface area contributed by atoms with Crippen molar-refractivity contribution in [3.63, 3.8) is 0 Å². The van der Waals surface area contributed by atoms with E-state index in [0.717, 1.165) is 96.3 Å². The highest BCUT2D eigenvalue weighted by Crippen LogP contribution is 2.14. The standard InChI is InChI=1S/C53H92O6/c1-4-7-10-13-15-17-19-21-23-25-26-28-29-31-33-35-37-40-43-46-52(55)58-49-50(48-57-51(54)45-42-39-12-9-6-3)59-53(56)47-44-41-38-36-34-32-30-27-24-22-20-18-16-14-11-8-5-2/h8,11,15-18,21-24,50H,4-7,9-10,12-14,19-20,25-49H2,1-3H3/b11-8-,17-15-,18-16-,23-21-,24-22-. The molecule has 0 saturated carbocycles. The highest BCUT2D eigenvalue weighted by molar-refractivity contribution is 5.71. The van der Waals surface area contributed by atoms with Gasteiger partial charge in [-0.25, -0.2) is 0 Å². The number of hydrogen-bond donors (Lipinski definition) is 0. The van der Waals surface area contributed by atoms with E-state index in [4.69, 9.17) is 14.2 Å². The molecule has 1 atom stereocenters. The summed E-state index contributed by atoms with van der Waals surface area (Å²) in [6, 6.07) is 0. The summed E-state index contributed by atoms with van der Waals surface area (Å²) < 4.78 is 16.6. The predicted octanol–water partition coefficient (Wildman–Crippen LogP) is 16.1. The Morgan fingerprint density at radius 1 is 0.356 bits per heavy atom. The molecule has 0 amide bonds.